The quantitative estimate of drug-likeness (QED) is 0.594. The maximum atomic E-state index is 13.0. The minimum Gasteiger partial charge on any atom is -0.489 e. The molecule has 160 valence electrons. The molecule has 0 saturated carbocycles. The van der Waals surface area contributed by atoms with Gasteiger partial charge in [0.1, 0.15) is 12.4 Å². The first-order valence-electron chi connectivity index (χ1n) is 10.2. The largest absolute Gasteiger partial charge is 0.489 e. The Balaban J connectivity index is 1.37. The van der Waals surface area contributed by atoms with E-state index in [0.29, 0.717) is 31.0 Å². The second kappa shape index (κ2) is 9.32. The summed E-state index contributed by atoms with van der Waals surface area (Å²) in [5.41, 5.74) is 1.58. The second-order valence-electron chi connectivity index (χ2n) is 7.31. The zero-order valence-corrected chi connectivity index (χ0v) is 17.9. The maximum absolute atomic E-state index is 13.0. The van der Waals surface area contributed by atoms with Crippen molar-refractivity contribution in [1.82, 2.24) is 9.21 Å². The highest BCUT2D eigenvalue weighted by atomic mass is 32.2. The normalized spacial score (nSPS) is 14.9. The molecule has 0 radical (unpaired) electrons. The van der Waals surface area contributed by atoms with E-state index in [1.807, 2.05) is 36.4 Å². The van der Waals surface area contributed by atoms with Crippen LogP contribution < -0.4 is 4.74 Å². The molecule has 1 aliphatic heterocycles. The van der Waals surface area contributed by atoms with Gasteiger partial charge < -0.3 is 9.64 Å². The first-order valence-corrected chi connectivity index (χ1v) is 11.6. The van der Waals surface area contributed by atoms with Gasteiger partial charge in [0.15, 0.2) is 0 Å². The Kier molecular flexibility index (Phi) is 6.34. The summed E-state index contributed by atoms with van der Waals surface area (Å²) < 4.78 is 32.8. The molecule has 1 aliphatic rings. The number of carbonyl (C=O) groups excluding carboxylic acids is 1. The zero-order chi connectivity index (χ0) is 21.7. The third-order valence-electron chi connectivity index (χ3n) is 5.24. The Bertz CT molecular complexity index is 1130. The molecule has 0 aromatic heterocycles. The van der Waals surface area contributed by atoms with Crippen molar-refractivity contribution in [1.29, 1.82) is 0 Å². The molecule has 0 spiro atoms. The first-order chi connectivity index (χ1) is 15.0. The number of carbonyl (C=O) groups is 1. The molecule has 1 fully saturated rings. The van der Waals surface area contributed by atoms with Crippen molar-refractivity contribution < 1.29 is 17.9 Å². The highest BCUT2D eigenvalue weighted by molar-refractivity contribution is 7.89. The predicted molar refractivity (Wildman–Crippen MR) is 118 cm³/mol. The third kappa shape index (κ3) is 4.95. The summed E-state index contributed by atoms with van der Waals surface area (Å²) in [6.45, 7) is 1.66. The van der Waals surface area contributed by atoms with Crippen LogP contribution in [0.4, 0.5) is 0 Å². The summed E-state index contributed by atoms with van der Waals surface area (Å²) in [7, 11) is -3.54. The minimum atomic E-state index is -3.54. The minimum absolute atomic E-state index is 0.123. The fourth-order valence-corrected chi connectivity index (χ4v) is 4.96. The third-order valence-corrected chi connectivity index (χ3v) is 7.15. The van der Waals surface area contributed by atoms with Crippen LogP contribution in [-0.4, -0.2) is 49.7 Å². The van der Waals surface area contributed by atoms with Crippen molar-refractivity contribution in [3.8, 4) is 5.75 Å². The Hall–Kier alpha value is -3.16. The van der Waals surface area contributed by atoms with E-state index in [1.54, 1.807) is 53.4 Å². The van der Waals surface area contributed by atoms with Gasteiger partial charge in [-0.25, -0.2) is 8.42 Å². The van der Waals surface area contributed by atoms with Gasteiger partial charge in [0.2, 0.25) is 10.0 Å². The topological polar surface area (TPSA) is 66.9 Å². The van der Waals surface area contributed by atoms with E-state index in [4.69, 9.17) is 4.74 Å². The molecule has 1 amide bonds. The van der Waals surface area contributed by atoms with E-state index in [9.17, 15) is 13.2 Å². The van der Waals surface area contributed by atoms with Gasteiger partial charge in [0.25, 0.3) is 5.91 Å². The van der Waals surface area contributed by atoms with Crippen LogP contribution in [0.2, 0.25) is 0 Å². The summed E-state index contributed by atoms with van der Waals surface area (Å²) in [5, 5.41) is 0. The fourth-order valence-electron chi connectivity index (χ4n) is 3.52. The molecule has 0 atom stereocenters. The molecule has 1 saturated heterocycles. The van der Waals surface area contributed by atoms with E-state index in [0.717, 1.165) is 5.56 Å². The highest BCUT2D eigenvalue weighted by Gasteiger charge is 2.30. The van der Waals surface area contributed by atoms with E-state index < -0.39 is 10.0 Å². The fraction of sp³-hybridized carbons (Fsp3) is 0.208. The Labute approximate surface area is 182 Å². The number of piperazine rings is 1. The van der Waals surface area contributed by atoms with Gasteiger partial charge >= 0.3 is 0 Å². The Morgan fingerprint density at radius 2 is 1.45 bits per heavy atom. The van der Waals surface area contributed by atoms with Crippen LogP contribution in [-0.2, 0) is 16.6 Å². The molecule has 6 nitrogen and oxygen atoms in total. The lowest BCUT2D eigenvalue weighted by Gasteiger charge is -2.34. The lowest BCUT2D eigenvalue weighted by Crippen LogP contribution is -2.50. The molecule has 3 aromatic rings. The van der Waals surface area contributed by atoms with Crippen LogP contribution in [0.3, 0.4) is 0 Å². The van der Waals surface area contributed by atoms with Gasteiger partial charge in [-0.2, -0.15) is 4.31 Å². The van der Waals surface area contributed by atoms with Gasteiger partial charge in [-0.15, -0.1) is 0 Å². The predicted octanol–water partition coefficient (Wildman–Crippen LogP) is 3.41. The van der Waals surface area contributed by atoms with Gasteiger partial charge in [0, 0.05) is 31.7 Å². The van der Waals surface area contributed by atoms with Crippen molar-refractivity contribution in [2.45, 2.75) is 11.5 Å². The maximum Gasteiger partial charge on any atom is 0.254 e. The van der Waals surface area contributed by atoms with Crippen LogP contribution in [0.15, 0.2) is 89.8 Å². The number of sulfonamides is 1. The summed E-state index contributed by atoms with van der Waals surface area (Å²) in [5.74, 6) is 0.502. The molecule has 0 bridgehead atoms. The van der Waals surface area contributed by atoms with Crippen molar-refractivity contribution in [2.24, 2.45) is 0 Å². The van der Waals surface area contributed by atoms with Crippen LogP contribution in [0.5, 0.6) is 5.75 Å². The lowest BCUT2D eigenvalue weighted by atomic mass is 10.1. The number of ether oxygens (including phenoxy) is 1. The first kappa shape index (κ1) is 21.1. The molecule has 0 aliphatic carbocycles. The van der Waals surface area contributed by atoms with E-state index >= 15 is 0 Å². The lowest BCUT2D eigenvalue weighted by molar-refractivity contribution is 0.0697. The molecule has 0 N–H and O–H groups in total. The molecule has 4 rings (SSSR count). The molecule has 1 heterocycles. The number of hydrogen-bond donors (Lipinski definition) is 0. The summed E-state index contributed by atoms with van der Waals surface area (Å²) in [4.78, 5) is 14.9. The molecule has 0 unspecified atom stereocenters. The number of amides is 1. The van der Waals surface area contributed by atoms with Crippen molar-refractivity contribution in [2.75, 3.05) is 26.2 Å². The molecule has 7 heteroatoms. The standard InChI is InChI=1S/C24H24N2O4S/c27-24(21-10-7-11-22(18-21)30-19-20-8-3-1-4-9-20)25-14-16-26(17-15-25)31(28,29)23-12-5-2-6-13-23/h1-13,18H,14-17,19H2. The smallest absolute Gasteiger partial charge is 0.254 e. The molecule has 3 aromatic carbocycles. The monoisotopic (exact) mass is 436 g/mol. The molecular formula is C24H24N2O4S. The van der Waals surface area contributed by atoms with Crippen molar-refractivity contribution in [3.05, 3.63) is 96.1 Å². The molecule has 31 heavy (non-hydrogen) atoms. The van der Waals surface area contributed by atoms with E-state index in [-0.39, 0.29) is 23.9 Å². The van der Waals surface area contributed by atoms with Crippen LogP contribution >= 0.6 is 0 Å². The van der Waals surface area contributed by atoms with Crippen molar-refractivity contribution in [3.63, 3.8) is 0 Å². The zero-order valence-electron chi connectivity index (χ0n) is 17.1. The highest BCUT2D eigenvalue weighted by Crippen LogP contribution is 2.20. The Morgan fingerprint density at radius 1 is 0.806 bits per heavy atom. The van der Waals surface area contributed by atoms with Crippen molar-refractivity contribution >= 4 is 15.9 Å². The van der Waals surface area contributed by atoms with Crippen LogP contribution in [0.25, 0.3) is 0 Å². The van der Waals surface area contributed by atoms with Gasteiger partial charge in [-0.05, 0) is 35.9 Å². The number of rotatable bonds is 6. The SMILES string of the molecule is O=C(c1cccc(OCc2ccccc2)c1)N1CCN(S(=O)(=O)c2ccccc2)CC1. The summed E-state index contributed by atoms with van der Waals surface area (Å²) >= 11 is 0. The average molecular weight is 437 g/mol. The van der Waals surface area contributed by atoms with Gasteiger partial charge in [-0.3, -0.25) is 4.79 Å². The van der Waals surface area contributed by atoms with E-state index in [1.165, 1.54) is 4.31 Å². The summed E-state index contributed by atoms with van der Waals surface area (Å²) in [6.07, 6.45) is 0. The second-order valence-corrected chi connectivity index (χ2v) is 9.25. The van der Waals surface area contributed by atoms with Gasteiger partial charge in [-0.1, -0.05) is 54.6 Å². The van der Waals surface area contributed by atoms with Gasteiger partial charge in [0.05, 0.1) is 4.90 Å². The number of benzene rings is 3. The molecular weight excluding hydrogens is 412 g/mol. The average Bonchev–Trinajstić information content (AvgIpc) is 2.84. The van der Waals surface area contributed by atoms with Crippen LogP contribution in [0.1, 0.15) is 15.9 Å². The number of nitrogens with zero attached hydrogens (tertiary/aromatic N) is 2. The summed E-state index contributed by atoms with van der Waals surface area (Å²) in [6, 6.07) is 25.3. The Morgan fingerprint density at radius 3 is 2.13 bits per heavy atom. The van der Waals surface area contributed by atoms with Crippen LogP contribution in [0, 0.1) is 0 Å². The van der Waals surface area contributed by atoms with E-state index in [2.05, 4.69) is 0 Å². The number of hydrogen-bond acceptors (Lipinski definition) is 4.